The summed E-state index contributed by atoms with van der Waals surface area (Å²) >= 11 is 0. The normalized spacial score (nSPS) is 17.2. The Hall–Kier alpha value is -2.70. The summed E-state index contributed by atoms with van der Waals surface area (Å²) in [5.74, 6) is 0.219. The van der Waals surface area contributed by atoms with Gasteiger partial charge in [0.1, 0.15) is 0 Å². The number of pyridine rings is 1. The zero-order chi connectivity index (χ0) is 19.4. The number of rotatable bonds is 5. The molecule has 0 saturated carbocycles. The number of aromatic nitrogens is 3. The third-order valence-electron chi connectivity index (χ3n) is 4.78. The van der Waals surface area contributed by atoms with E-state index in [-0.39, 0.29) is 23.7 Å². The van der Waals surface area contributed by atoms with Crippen molar-refractivity contribution < 1.29 is 14.3 Å². The van der Waals surface area contributed by atoms with Crippen LogP contribution in [0.4, 0.5) is 0 Å². The molecule has 1 atom stereocenters. The Labute approximate surface area is 159 Å². The monoisotopic (exact) mass is 370 g/mol. The molecule has 2 aromatic rings. The third kappa shape index (κ3) is 4.02. The summed E-state index contributed by atoms with van der Waals surface area (Å²) < 4.78 is 6.86. The summed E-state index contributed by atoms with van der Waals surface area (Å²) in [7, 11) is 0. The third-order valence-corrected chi connectivity index (χ3v) is 4.78. The Morgan fingerprint density at radius 3 is 2.81 bits per heavy atom. The van der Waals surface area contributed by atoms with E-state index in [1.807, 2.05) is 32.0 Å². The van der Waals surface area contributed by atoms with E-state index >= 15 is 0 Å². The maximum Gasteiger partial charge on any atom is 0.310 e. The number of nitrogens with zero attached hydrogens (tertiary/aromatic N) is 4. The van der Waals surface area contributed by atoms with E-state index < -0.39 is 0 Å². The van der Waals surface area contributed by atoms with Crippen LogP contribution < -0.4 is 0 Å². The van der Waals surface area contributed by atoms with E-state index in [1.165, 1.54) is 0 Å². The highest BCUT2D eigenvalue weighted by atomic mass is 16.5. The molecule has 7 nitrogen and oxygen atoms in total. The molecule has 27 heavy (non-hydrogen) atoms. The molecule has 0 N–H and O–H groups in total. The summed E-state index contributed by atoms with van der Waals surface area (Å²) in [5.41, 5.74) is 1.40. The molecule has 2 aromatic heterocycles. The highest BCUT2D eigenvalue weighted by Gasteiger charge is 2.32. The number of hydrogen-bond donors (Lipinski definition) is 0. The van der Waals surface area contributed by atoms with Crippen LogP contribution in [0.15, 0.2) is 30.6 Å². The summed E-state index contributed by atoms with van der Waals surface area (Å²) in [6.07, 6.45) is 4.87. The number of amides is 1. The van der Waals surface area contributed by atoms with Gasteiger partial charge in [0.15, 0.2) is 5.82 Å². The van der Waals surface area contributed by atoms with Crippen LogP contribution in [-0.2, 0) is 9.53 Å². The Kier molecular flexibility index (Phi) is 5.88. The Bertz CT molecular complexity index is 801. The Morgan fingerprint density at radius 2 is 2.15 bits per heavy atom. The molecule has 1 saturated heterocycles. The molecular formula is C20H26N4O3. The molecule has 1 fully saturated rings. The van der Waals surface area contributed by atoms with Crippen LogP contribution in [-0.4, -0.2) is 51.2 Å². The Morgan fingerprint density at radius 1 is 1.33 bits per heavy atom. The summed E-state index contributed by atoms with van der Waals surface area (Å²) in [4.78, 5) is 31.4. The summed E-state index contributed by atoms with van der Waals surface area (Å²) in [6, 6.07) is 5.60. The van der Waals surface area contributed by atoms with E-state index in [9.17, 15) is 9.59 Å². The molecule has 0 radical (unpaired) electrons. The second-order valence-corrected chi connectivity index (χ2v) is 7.04. The van der Waals surface area contributed by atoms with Crippen LogP contribution in [0, 0.1) is 5.92 Å². The quantitative estimate of drug-likeness (QED) is 0.757. The van der Waals surface area contributed by atoms with Crippen LogP contribution in [0.25, 0.3) is 5.82 Å². The summed E-state index contributed by atoms with van der Waals surface area (Å²) in [5, 5.41) is 4.42. The fourth-order valence-electron chi connectivity index (χ4n) is 3.52. The highest BCUT2D eigenvalue weighted by molar-refractivity contribution is 5.95. The maximum atomic E-state index is 13.2. The first-order valence-corrected chi connectivity index (χ1v) is 9.48. The van der Waals surface area contributed by atoms with Gasteiger partial charge in [0.05, 0.1) is 30.0 Å². The van der Waals surface area contributed by atoms with Crippen molar-refractivity contribution in [2.75, 3.05) is 19.7 Å². The van der Waals surface area contributed by atoms with Gasteiger partial charge in [0.25, 0.3) is 5.91 Å². The molecule has 7 heteroatoms. The lowest BCUT2D eigenvalue weighted by atomic mass is 9.97. The van der Waals surface area contributed by atoms with Gasteiger partial charge in [-0.25, -0.2) is 9.67 Å². The van der Waals surface area contributed by atoms with Crippen LogP contribution in [0.1, 0.15) is 55.6 Å². The number of likely N-dealkylation sites (tertiary alicyclic amines) is 1. The van der Waals surface area contributed by atoms with Crippen molar-refractivity contribution in [2.24, 2.45) is 5.92 Å². The number of hydrogen-bond acceptors (Lipinski definition) is 5. The first kappa shape index (κ1) is 19.1. The molecule has 1 amide bonds. The zero-order valence-electron chi connectivity index (χ0n) is 16.1. The van der Waals surface area contributed by atoms with Gasteiger partial charge in [0, 0.05) is 19.3 Å². The van der Waals surface area contributed by atoms with Crippen molar-refractivity contribution in [2.45, 2.75) is 39.5 Å². The zero-order valence-corrected chi connectivity index (χ0v) is 16.1. The molecule has 1 aliphatic heterocycles. The van der Waals surface area contributed by atoms with Crippen molar-refractivity contribution in [3.05, 3.63) is 41.9 Å². The SMILES string of the molecule is CCOC(=O)C1CCCN(C(=O)c2cnn(-c3ccccn3)c2C(C)C)C1. The fraction of sp³-hybridized carbons (Fsp3) is 0.500. The smallest absolute Gasteiger partial charge is 0.310 e. The lowest BCUT2D eigenvalue weighted by Crippen LogP contribution is -2.43. The van der Waals surface area contributed by atoms with Crippen molar-refractivity contribution in [1.29, 1.82) is 0 Å². The molecule has 3 heterocycles. The fourth-order valence-corrected chi connectivity index (χ4v) is 3.52. The first-order valence-electron chi connectivity index (χ1n) is 9.48. The minimum absolute atomic E-state index is 0.0881. The maximum absolute atomic E-state index is 13.2. The van der Waals surface area contributed by atoms with Gasteiger partial charge in [-0.2, -0.15) is 5.10 Å². The van der Waals surface area contributed by atoms with Gasteiger partial charge in [-0.15, -0.1) is 0 Å². The van der Waals surface area contributed by atoms with Gasteiger partial charge < -0.3 is 9.64 Å². The van der Waals surface area contributed by atoms with Gasteiger partial charge in [-0.3, -0.25) is 9.59 Å². The lowest BCUT2D eigenvalue weighted by Gasteiger charge is -2.31. The molecule has 3 rings (SSSR count). The van der Waals surface area contributed by atoms with Gasteiger partial charge >= 0.3 is 5.97 Å². The minimum atomic E-state index is -0.254. The van der Waals surface area contributed by atoms with Crippen LogP contribution in [0.5, 0.6) is 0 Å². The molecule has 0 bridgehead atoms. The molecule has 144 valence electrons. The van der Waals surface area contributed by atoms with Gasteiger partial charge in [-0.05, 0) is 37.8 Å². The van der Waals surface area contributed by atoms with Crippen molar-refractivity contribution >= 4 is 11.9 Å². The average Bonchev–Trinajstić information content (AvgIpc) is 3.14. The van der Waals surface area contributed by atoms with Crippen LogP contribution in [0.3, 0.4) is 0 Å². The van der Waals surface area contributed by atoms with Crippen molar-refractivity contribution in [1.82, 2.24) is 19.7 Å². The highest BCUT2D eigenvalue weighted by Crippen LogP contribution is 2.26. The standard InChI is InChI=1S/C20H26N4O3/c1-4-27-20(26)15-8-7-11-23(13-15)19(25)16-12-22-24(18(16)14(2)3)17-9-5-6-10-21-17/h5-6,9-10,12,14-15H,4,7-8,11,13H2,1-3H3. The molecule has 1 unspecified atom stereocenters. The number of carbonyl (C=O) groups excluding carboxylic acids is 2. The first-order chi connectivity index (χ1) is 13.0. The lowest BCUT2D eigenvalue weighted by molar-refractivity contribution is -0.149. The number of piperidine rings is 1. The van der Waals surface area contributed by atoms with Gasteiger partial charge in [0.2, 0.25) is 0 Å². The molecular weight excluding hydrogens is 344 g/mol. The predicted molar refractivity (Wildman–Crippen MR) is 101 cm³/mol. The van der Waals surface area contributed by atoms with Gasteiger partial charge in [-0.1, -0.05) is 19.9 Å². The largest absolute Gasteiger partial charge is 0.466 e. The summed E-state index contributed by atoms with van der Waals surface area (Å²) in [6.45, 7) is 7.25. The van der Waals surface area contributed by atoms with E-state index in [2.05, 4.69) is 10.1 Å². The molecule has 1 aliphatic rings. The molecule has 0 spiro atoms. The number of ether oxygens (including phenoxy) is 1. The Balaban J connectivity index is 1.86. The van der Waals surface area contributed by atoms with Crippen molar-refractivity contribution in [3.8, 4) is 5.82 Å². The van der Waals surface area contributed by atoms with Crippen LogP contribution >= 0.6 is 0 Å². The topological polar surface area (TPSA) is 77.3 Å². The van der Waals surface area contributed by atoms with Crippen molar-refractivity contribution in [3.63, 3.8) is 0 Å². The predicted octanol–water partition coefficient (Wildman–Crippen LogP) is 2.81. The molecule has 0 aliphatic carbocycles. The minimum Gasteiger partial charge on any atom is -0.466 e. The van der Waals surface area contributed by atoms with E-state index in [0.29, 0.717) is 31.1 Å². The number of carbonyl (C=O) groups is 2. The van der Waals surface area contributed by atoms with E-state index in [0.717, 1.165) is 18.5 Å². The van der Waals surface area contributed by atoms with E-state index in [4.69, 9.17) is 4.74 Å². The second kappa shape index (κ2) is 8.33. The molecule has 0 aromatic carbocycles. The number of esters is 1. The van der Waals surface area contributed by atoms with E-state index in [1.54, 1.807) is 28.9 Å². The second-order valence-electron chi connectivity index (χ2n) is 7.04. The average molecular weight is 370 g/mol. The van der Waals surface area contributed by atoms with Crippen LogP contribution in [0.2, 0.25) is 0 Å².